The van der Waals surface area contributed by atoms with Crippen LogP contribution in [0, 0.1) is 0 Å². The van der Waals surface area contributed by atoms with Crippen LogP contribution in [0.4, 0.5) is 11.5 Å². The van der Waals surface area contributed by atoms with Gasteiger partial charge in [0, 0.05) is 5.69 Å². The molecule has 1 aliphatic carbocycles. The summed E-state index contributed by atoms with van der Waals surface area (Å²) in [6.07, 6.45) is 4.71. The van der Waals surface area contributed by atoms with E-state index in [2.05, 4.69) is 24.9 Å². The summed E-state index contributed by atoms with van der Waals surface area (Å²) in [6.45, 7) is 0. The maximum atomic E-state index is 12.7. The van der Waals surface area contributed by atoms with Gasteiger partial charge in [0.15, 0.2) is 11.0 Å². The number of nitrogens with zero attached hydrogens (tertiary/aromatic N) is 5. The molecule has 4 rings (SSSR count). The Morgan fingerprint density at radius 1 is 1.00 bits per heavy atom. The van der Waals surface area contributed by atoms with E-state index in [9.17, 15) is 8.42 Å². The number of sulfonamides is 1. The third kappa shape index (κ3) is 3.90. The van der Waals surface area contributed by atoms with E-state index < -0.39 is 15.7 Å². The molecule has 0 radical (unpaired) electrons. The number of hydrogen-bond acceptors (Lipinski definition) is 9. The van der Waals surface area contributed by atoms with E-state index in [1.165, 1.54) is 24.3 Å². The van der Waals surface area contributed by atoms with Gasteiger partial charge >= 0.3 is 0 Å². The zero-order chi connectivity index (χ0) is 21.4. The second kappa shape index (κ2) is 7.73. The van der Waals surface area contributed by atoms with Gasteiger partial charge < -0.3 is 11.5 Å². The summed E-state index contributed by atoms with van der Waals surface area (Å²) in [5, 5.41) is 7.51. The van der Waals surface area contributed by atoms with Crippen molar-refractivity contribution in [1.82, 2.24) is 10.2 Å². The normalized spacial score (nSPS) is 18.6. The largest absolute Gasteiger partial charge is 0.369 e. The lowest BCUT2D eigenvalue weighted by Crippen LogP contribution is -2.58. The van der Waals surface area contributed by atoms with Gasteiger partial charge in [-0.15, -0.1) is 10.2 Å². The first-order valence-electron chi connectivity index (χ1n) is 9.41. The van der Waals surface area contributed by atoms with Crippen LogP contribution < -0.4 is 21.1 Å². The molecule has 0 amide bonds. The molecule has 0 unspecified atom stereocenters. The second-order valence-electron chi connectivity index (χ2n) is 7.16. The Bertz CT molecular complexity index is 1090. The molecule has 10 nitrogen and oxygen atoms in total. The molecular weight excluding hydrogens is 428 g/mol. The van der Waals surface area contributed by atoms with Gasteiger partial charge in [-0.25, -0.2) is 13.4 Å². The molecule has 0 saturated heterocycles. The molecule has 1 aliphatic heterocycles. The summed E-state index contributed by atoms with van der Waals surface area (Å²) < 4.78 is 27.7. The van der Waals surface area contributed by atoms with Crippen LogP contribution in [0.3, 0.4) is 0 Å². The van der Waals surface area contributed by atoms with Crippen molar-refractivity contribution in [3.63, 3.8) is 0 Å². The van der Waals surface area contributed by atoms with Crippen LogP contribution in [0.1, 0.15) is 32.1 Å². The fourth-order valence-electron chi connectivity index (χ4n) is 3.84. The number of nitrogens with two attached hydrogens (primary N) is 2. The van der Waals surface area contributed by atoms with Crippen molar-refractivity contribution >= 4 is 45.0 Å². The van der Waals surface area contributed by atoms with Gasteiger partial charge in [-0.3, -0.25) is 9.62 Å². The SMILES string of the molecule is NC1=NC2(CCCCC2)N(c2ccc(S(=O)(=O)Nc3ccc(Cl)nn3)cc2)C(N)=N1. The monoisotopic (exact) mass is 448 g/mol. The highest BCUT2D eigenvalue weighted by atomic mass is 35.5. The smallest absolute Gasteiger partial charge is 0.263 e. The number of halogens is 1. The van der Waals surface area contributed by atoms with Gasteiger partial charge in [0.2, 0.25) is 11.9 Å². The molecule has 0 atom stereocenters. The van der Waals surface area contributed by atoms with Gasteiger partial charge in [0.25, 0.3) is 10.0 Å². The quantitative estimate of drug-likeness (QED) is 0.646. The van der Waals surface area contributed by atoms with Crippen LogP contribution in [-0.2, 0) is 10.0 Å². The first kappa shape index (κ1) is 20.4. The van der Waals surface area contributed by atoms with Crippen LogP contribution in [-0.4, -0.2) is 36.2 Å². The maximum absolute atomic E-state index is 12.7. The number of guanidine groups is 2. The maximum Gasteiger partial charge on any atom is 0.263 e. The number of hydrogen-bond donors (Lipinski definition) is 3. The molecule has 12 heteroatoms. The lowest BCUT2D eigenvalue weighted by molar-refractivity contribution is 0.305. The molecule has 1 saturated carbocycles. The Morgan fingerprint density at radius 3 is 2.33 bits per heavy atom. The highest BCUT2D eigenvalue weighted by Crippen LogP contribution is 2.39. The zero-order valence-electron chi connectivity index (χ0n) is 16.0. The molecule has 2 aromatic rings. The predicted octanol–water partition coefficient (Wildman–Crippen LogP) is 2.04. The standard InChI is InChI=1S/C18H21ClN8O2S/c19-14-8-9-15(25-24-14)26-30(28,29)13-6-4-12(5-7-13)27-17(21)22-16(20)23-18(27)10-2-1-3-11-18/h4-9H,1-3,10-11H2,(H,25,26)(H4,20,21,22,23). The van der Waals surface area contributed by atoms with Crippen LogP contribution in [0.5, 0.6) is 0 Å². The minimum absolute atomic E-state index is 0.0660. The summed E-state index contributed by atoms with van der Waals surface area (Å²) in [5.74, 6) is 0.481. The fourth-order valence-corrected chi connectivity index (χ4v) is 4.93. The molecule has 1 aromatic heterocycles. The number of nitrogens with one attached hydrogen (secondary N) is 1. The third-order valence-electron chi connectivity index (χ3n) is 5.13. The molecule has 1 spiro atoms. The Kier molecular flexibility index (Phi) is 5.24. The molecule has 1 aromatic carbocycles. The summed E-state index contributed by atoms with van der Waals surface area (Å²) in [7, 11) is -3.85. The Hall–Kier alpha value is -2.92. The van der Waals surface area contributed by atoms with E-state index in [-0.39, 0.29) is 27.8 Å². The molecule has 158 valence electrons. The van der Waals surface area contributed by atoms with E-state index in [4.69, 9.17) is 23.1 Å². The number of rotatable bonds is 4. The van der Waals surface area contributed by atoms with Gasteiger partial charge in [0.1, 0.15) is 5.66 Å². The fraction of sp³-hybridized carbons (Fsp3) is 0.333. The summed E-state index contributed by atoms with van der Waals surface area (Å²) >= 11 is 5.68. The minimum Gasteiger partial charge on any atom is -0.369 e. The van der Waals surface area contributed by atoms with Crippen molar-refractivity contribution in [2.75, 3.05) is 9.62 Å². The van der Waals surface area contributed by atoms with Gasteiger partial charge in [-0.2, -0.15) is 4.99 Å². The van der Waals surface area contributed by atoms with Crippen LogP contribution >= 0.6 is 11.6 Å². The van der Waals surface area contributed by atoms with Crippen LogP contribution in [0.25, 0.3) is 0 Å². The van der Waals surface area contributed by atoms with Crippen molar-refractivity contribution < 1.29 is 8.42 Å². The van der Waals surface area contributed by atoms with Crippen molar-refractivity contribution in [1.29, 1.82) is 0 Å². The topological polar surface area (TPSA) is 152 Å². The molecular formula is C18H21ClN8O2S. The highest BCUT2D eigenvalue weighted by molar-refractivity contribution is 7.92. The Labute approximate surface area is 179 Å². The lowest BCUT2D eigenvalue weighted by Gasteiger charge is -2.45. The van der Waals surface area contributed by atoms with Crippen LogP contribution in [0.15, 0.2) is 51.3 Å². The van der Waals surface area contributed by atoms with Gasteiger partial charge in [-0.05, 0) is 62.1 Å². The molecule has 2 aliphatic rings. The molecule has 30 heavy (non-hydrogen) atoms. The number of anilines is 2. The number of aliphatic imine (C=N–C) groups is 2. The summed E-state index contributed by atoms with van der Waals surface area (Å²) in [6, 6.07) is 9.22. The van der Waals surface area contributed by atoms with E-state index in [0.29, 0.717) is 5.69 Å². The van der Waals surface area contributed by atoms with Gasteiger partial charge in [-0.1, -0.05) is 18.0 Å². The Morgan fingerprint density at radius 2 is 1.70 bits per heavy atom. The summed E-state index contributed by atoms with van der Waals surface area (Å²) in [5.41, 5.74) is 12.2. The predicted molar refractivity (Wildman–Crippen MR) is 116 cm³/mol. The van der Waals surface area contributed by atoms with E-state index in [1.807, 2.05) is 4.90 Å². The first-order valence-corrected chi connectivity index (χ1v) is 11.3. The third-order valence-corrected chi connectivity index (χ3v) is 6.70. The van der Waals surface area contributed by atoms with E-state index in [1.54, 1.807) is 12.1 Å². The van der Waals surface area contributed by atoms with Crippen molar-refractivity contribution in [3.05, 3.63) is 41.6 Å². The first-order chi connectivity index (χ1) is 14.3. The van der Waals surface area contributed by atoms with Gasteiger partial charge in [0.05, 0.1) is 4.90 Å². The molecule has 2 heterocycles. The van der Waals surface area contributed by atoms with Crippen LogP contribution in [0.2, 0.25) is 5.15 Å². The molecule has 0 bridgehead atoms. The minimum atomic E-state index is -3.85. The second-order valence-corrected chi connectivity index (χ2v) is 9.23. The molecule has 5 N–H and O–H groups in total. The van der Waals surface area contributed by atoms with Crippen molar-refractivity contribution in [3.8, 4) is 0 Å². The van der Waals surface area contributed by atoms with E-state index >= 15 is 0 Å². The lowest BCUT2D eigenvalue weighted by atomic mass is 9.87. The van der Waals surface area contributed by atoms with Crippen molar-refractivity contribution in [2.45, 2.75) is 42.7 Å². The average molecular weight is 449 g/mol. The van der Waals surface area contributed by atoms with E-state index in [0.717, 1.165) is 32.1 Å². The number of aromatic nitrogens is 2. The Balaban J connectivity index is 1.62. The highest BCUT2D eigenvalue weighted by Gasteiger charge is 2.42. The van der Waals surface area contributed by atoms with Crippen molar-refractivity contribution in [2.24, 2.45) is 21.5 Å². The average Bonchev–Trinajstić information content (AvgIpc) is 2.70. The zero-order valence-corrected chi connectivity index (χ0v) is 17.6. The number of benzene rings is 1. The summed E-state index contributed by atoms with van der Waals surface area (Å²) in [4.78, 5) is 10.6. The molecule has 1 fully saturated rings.